The summed E-state index contributed by atoms with van der Waals surface area (Å²) in [7, 11) is 0. The minimum Gasteiger partial charge on any atom is -0.395 e. The van der Waals surface area contributed by atoms with Gasteiger partial charge in [0.05, 0.1) is 19.3 Å². The van der Waals surface area contributed by atoms with Crippen molar-refractivity contribution < 1.29 is 10.2 Å². The van der Waals surface area contributed by atoms with Gasteiger partial charge in [0.15, 0.2) is 0 Å². The van der Waals surface area contributed by atoms with Crippen molar-refractivity contribution >= 4 is 0 Å². The Morgan fingerprint density at radius 1 is 1.36 bits per heavy atom. The Kier molecular flexibility index (Phi) is 4.35. The standard InChI is InChI=1S/C11H23NO2/c1-11(2)5-3-4-9(6-11)12-10(7-13)8-14/h9-10,12-14H,3-8H2,1-2H3/t9-/m0/s1. The molecule has 1 fully saturated rings. The van der Waals surface area contributed by atoms with E-state index in [9.17, 15) is 0 Å². The third-order valence-electron chi connectivity index (χ3n) is 3.12. The number of hydrogen-bond donors (Lipinski definition) is 3. The summed E-state index contributed by atoms with van der Waals surface area (Å²) in [4.78, 5) is 0. The van der Waals surface area contributed by atoms with Gasteiger partial charge in [-0.3, -0.25) is 0 Å². The predicted octanol–water partition coefficient (Wildman–Crippen LogP) is 0.898. The first-order valence-electron chi connectivity index (χ1n) is 5.55. The van der Waals surface area contributed by atoms with Gasteiger partial charge in [-0.05, 0) is 24.7 Å². The Bertz CT molecular complexity index is 167. The van der Waals surface area contributed by atoms with Crippen LogP contribution in [0, 0.1) is 5.41 Å². The van der Waals surface area contributed by atoms with Gasteiger partial charge in [0.1, 0.15) is 0 Å². The predicted molar refractivity (Wildman–Crippen MR) is 57.1 cm³/mol. The van der Waals surface area contributed by atoms with Crippen molar-refractivity contribution in [3.8, 4) is 0 Å². The van der Waals surface area contributed by atoms with Gasteiger partial charge < -0.3 is 15.5 Å². The molecule has 0 unspecified atom stereocenters. The molecule has 1 aliphatic rings. The van der Waals surface area contributed by atoms with Crippen LogP contribution in [0.4, 0.5) is 0 Å². The van der Waals surface area contributed by atoms with E-state index in [1.807, 2.05) is 0 Å². The first kappa shape index (κ1) is 12.0. The van der Waals surface area contributed by atoms with Crippen molar-refractivity contribution in [1.29, 1.82) is 0 Å². The highest BCUT2D eigenvalue weighted by atomic mass is 16.3. The lowest BCUT2D eigenvalue weighted by molar-refractivity contribution is 0.131. The summed E-state index contributed by atoms with van der Waals surface area (Å²) in [5, 5.41) is 21.2. The SMILES string of the molecule is CC1(C)CCC[C@H](NC(CO)CO)C1. The maximum absolute atomic E-state index is 8.96. The van der Waals surface area contributed by atoms with Crippen LogP contribution in [-0.4, -0.2) is 35.5 Å². The molecule has 14 heavy (non-hydrogen) atoms. The fourth-order valence-corrected chi connectivity index (χ4v) is 2.34. The molecule has 0 spiro atoms. The van der Waals surface area contributed by atoms with E-state index in [0.29, 0.717) is 11.5 Å². The molecular weight excluding hydrogens is 178 g/mol. The molecule has 1 aliphatic carbocycles. The van der Waals surface area contributed by atoms with Crippen molar-refractivity contribution in [2.75, 3.05) is 13.2 Å². The maximum Gasteiger partial charge on any atom is 0.0607 e. The molecule has 0 radical (unpaired) electrons. The molecule has 0 aliphatic heterocycles. The van der Waals surface area contributed by atoms with Gasteiger partial charge >= 0.3 is 0 Å². The maximum atomic E-state index is 8.96. The Balaban J connectivity index is 2.37. The van der Waals surface area contributed by atoms with Gasteiger partial charge in [-0.2, -0.15) is 0 Å². The molecule has 0 aromatic carbocycles. The molecule has 0 bridgehead atoms. The molecule has 0 aromatic heterocycles. The van der Waals surface area contributed by atoms with E-state index in [2.05, 4.69) is 19.2 Å². The van der Waals surface area contributed by atoms with Crippen molar-refractivity contribution in [3.63, 3.8) is 0 Å². The van der Waals surface area contributed by atoms with E-state index in [0.717, 1.165) is 6.42 Å². The van der Waals surface area contributed by atoms with Gasteiger partial charge in [0.2, 0.25) is 0 Å². The minimum atomic E-state index is -0.145. The Labute approximate surface area is 86.5 Å². The zero-order chi connectivity index (χ0) is 10.6. The minimum absolute atomic E-state index is 0.0213. The molecule has 1 atom stereocenters. The Hall–Kier alpha value is -0.120. The van der Waals surface area contributed by atoms with Crippen molar-refractivity contribution in [3.05, 3.63) is 0 Å². The third-order valence-corrected chi connectivity index (χ3v) is 3.12. The number of nitrogens with one attached hydrogen (secondary N) is 1. The summed E-state index contributed by atoms with van der Waals surface area (Å²) in [6.45, 7) is 4.61. The molecule has 3 N–H and O–H groups in total. The second-order valence-electron chi connectivity index (χ2n) is 5.19. The molecule has 0 heterocycles. The van der Waals surface area contributed by atoms with Gasteiger partial charge in [-0.25, -0.2) is 0 Å². The topological polar surface area (TPSA) is 52.5 Å². The summed E-state index contributed by atoms with van der Waals surface area (Å²) in [6.07, 6.45) is 4.84. The van der Waals surface area contributed by atoms with Crippen molar-refractivity contribution in [2.45, 2.75) is 51.6 Å². The third kappa shape index (κ3) is 3.56. The molecule has 0 amide bonds. The molecule has 3 heteroatoms. The molecule has 1 saturated carbocycles. The highest BCUT2D eigenvalue weighted by molar-refractivity contribution is 4.85. The molecular formula is C11H23NO2. The van der Waals surface area contributed by atoms with E-state index in [1.54, 1.807) is 0 Å². The van der Waals surface area contributed by atoms with E-state index < -0.39 is 0 Å². The van der Waals surface area contributed by atoms with Gasteiger partial charge in [0, 0.05) is 6.04 Å². The van der Waals surface area contributed by atoms with Crippen LogP contribution in [0.2, 0.25) is 0 Å². The number of hydrogen-bond acceptors (Lipinski definition) is 3. The van der Waals surface area contributed by atoms with E-state index >= 15 is 0 Å². The fourth-order valence-electron chi connectivity index (χ4n) is 2.34. The van der Waals surface area contributed by atoms with Crippen LogP contribution in [0.15, 0.2) is 0 Å². The normalized spacial score (nSPS) is 26.8. The van der Waals surface area contributed by atoms with Gasteiger partial charge in [0.25, 0.3) is 0 Å². The van der Waals surface area contributed by atoms with Gasteiger partial charge in [-0.1, -0.05) is 20.3 Å². The number of aliphatic hydroxyl groups excluding tert-OH is 2. The van der Waals surface area contributed by atoms with Gasteiger partial charge in [-0.15, -0.1) is 0 Å². The molecule has 84 valence electrons. The van der Waals surface area contributed by atoms with Crippen LogP contribution in [-0.2, 0) is 0 Å². The van der Waals surface area contributed by atoms with E-state index in [-0.39, 0.29) is 19.3 Å². The monoisotopic (exact) mass is 201 g/mol. The van der Waals surface area contributed by atoms with Crippen molar-refractivity contribution in [2.24, 2.45) is 5.41 Å². The van der Waals surface area contributed by atoms with E-state index in [1.165, 1.54) is 19.3 Å². The Morgan fingerprint density at radius 2 is 2.00 bits per heavy atom. The van der Waals surface area contributed by atoms with Crippen LogP contribution < -0.4 is 5.32 Å². The molecule has 0 aromatic rings. The summed E-state index contributed by atoms with van der Waals surface area (Å²) in [6, 6.07) is 0.317. The summed E-state index contributed by atoms with van der Waals surface area (Å²) >= 11 is 0. The largest absolute Gasteiger partial charge is 0.395 e. The van der Waals surface area contributed by atoms with Crippen LogP contribution in [0.3, 0.4) is 0 Å². The van der Waals surface area contributed by atoms with Crippen LogP contribution >= 0.6 is 0 Å². The highest BCUT2D eigenvalue weighted by Crippen LogP contribution is 2.35. The van der Waals surface area contributed by atoms with Crippen LogP contribution in [0.1, 0.15) is 39.5 Å². The average molecular weight is 201 g/mol. The molecule has 0 saturated heterocycles. The van der Waals surface area contributed by atoms with Crippen LogP contribution in [0.5, 0.6) is 0 Å². The molecule has 1 rings (SSSR count). The molecule has 3 nitrogen and oxygen atoms in total. The number of aliphatic hydroxyl groups is 2. The summed E-state index contributed by atoms with van der Waals surface area (Å²) in [5.41, 5.74) is 0.408. The second-order valence-corrected chi connectivity index (χ2v) is 5.19. The lowest BCUT2D eigenvalue weighted by atomic mass is 9.75. The zero-order valence-corrected chi connectivity index (χ0v) is 9.29. The summed E-state index contributed by atoms with van der Waals surface area (Å²) < 4.78 is 0. The average Bonchev–Trinajstić information content (AvgIpc) is 2.12. The smallest absolute Gasteiger partial charge is 0.0607 e. The first-order valence-corrected chi connectivity index (χ1v) is 5.55. The summed E-state index contributed by atoms with van der Waals surface area (Å²) in [5.74, 6) is 0. The lowest BCUT2D eigenvalue weighted by Gasteiger charge is -2.37. The fraction of sp³-hybridized carbons (Fsp3) is 1.00. The highest BCUT2D eigenvalue weighted by Gasteiger charge is 2.28. The van der Waals surface area contributed by atoms with Crippen LogP contribution in [0.25, 0.3) is 0 Å². The number of rotatable bonds is 4. The zero-order valence-electron chi connectivity index (χ0n) is 9.29. The quantitative estimate of drug-likeness (QED) is 0.633. The second kappa shape index (κ2) is 5.10. The first-order chi connectivity index (χ1) is 6.57. The lowest BCUT2D eigenvalue weighted by Crippen LogP contribution is -2.46. The van der Waals surface area contributed by atoms with Crippen molar-refractivity contribution in [1.82, 2.24) is 5.32 Å². The Morgan fingerprint density at radius 3 is 2.50 bits per heavy atom. The van der Waals surface area contributed by atoms with E-state index in [4.69, 9.17) is 10.2 Å².